The number of rotatable bonds is 33. The van der Waals surface area contributed by atoms with Crippen LogP contribution in [0.5, 0.6) is 0 Å². The summed E-state index contributed by atoms with van der Waals surface area (Å²) in [6.07, 6.45) is 8.34. The second kappa shape index (κ2) is 28.8. The average molecular weight is 934 g/mol. The normalized spacial score (nSPS) is 16.4. The van der Waals surface area contributed by atoms with Crippen molar-refractivity contribution < 1.29 is 62.2 Å². The number of nitrogens with zero attached hydrogens (tertiary/aromatic N) is 3. The van der Waals surface area contributed by atoms with E-state index in [-0.39, 0.29) is 44.1 Å². The molecule has 0 saturated carbocycles. The summed E-state index contributed by atoms with van der Waals surface area (Å²) in [5.41, 5.74) is 1.97. The lowest BCUT2D eigenvalue weighted by atomic mass is 9.89. The Kier molecular flexibility index (Phi) is 24.4. The molecule has 3 amide bonds. The molecule has 1 aromatic carbocycles. The molecule has 2 heterocycles. The van der Waals surface area contributed by atoms with Crippen molar-refractivity contribution in [2.75, 3.05) is 40.1 Å². The fourth-order valence-electron chi connectivity index (χ4n) is 8.10. The quantitative estimate of drug-likeness (QED) is 0.0503. The van der Waals surface area contributed by atoms with Crippen molar-refractivity contribution in [1.82, 2.24) is 25.1 Å². The third kappa shape index (κ3) is 20.1. The van der Waals surface area contributed by atoms with Crippen LogP contribution in [0.3, 0.4) is 0 Å². The molecule has 0 spiro atoms. The van der Waals surface area contributed by atoms with Gasteiger partial charge in [0.25, 0.3) is 0 Å². The molecule has 2 aromatic rings. The van der Waals surface area contributed by atoms with E-state index in [1.165, 1.54) is 17.4 Å². The lowest BCUT2D eigenvalue weighted by Crippen LogP contribution is -2.52. The van der Waals surface area contributed by atoms with Crippen LogP contribution in [0.15, 0.2) is 42.9 Å². The highest BCUT2D eigenvalue weighted by Gasteiger charge is 2.38. The molecule has 1 aliphatic rings. The van der Waals surface area contributed by atoms with E-state index in [9.17, 15) is 48.2 Å². The van der Waals surface area contributed by atoms with Crippen molar-refractivity contribution in [3.05, 3.63) is 54.1 Å². The van der Waals surface area contributed by atoms with Gasteiger partial charge in [0.05, 0.1) is 63.2 Å². The van der Waals surface area contributed by atoms with E-state index in [1.807, 2.05) is 36.6 Å². The van der Waals surface area contributed by atoms with Crippen molar-refractivity contribution in [2.45, 2.75) is 142 Å². The number of aryl methyl sites for hydroxylation is 2. The molecule has 1 aromatic heterocycles. The standard InChI is InChI=1S/C46H72N5O13P/c1-32(2)25-39(48-46(58)41-18-14-21-51(41)44(56)19-22-63-24-23-62-5)42(54)27-36(45(57)49-40(30-52)43(55)28-38(33(3)53)34(4)64-65(59,60)61)26-37-29-47-31-50(37)20-13-8-6-7-10-15-35-16-11-9-12-17-35/h9,11-12,16-17,29,31-32,34,36,38-41,52H,6-8,10,13-15,18-28,30H2,1-5H3,(H,48,58)(H,49,57)(H2,59,60,61)/t34-,36-,38-,39+,40+,41+/m1/s1. The monoisotopic (exact) mass is 933 g/mol. The van der Waals surface area contributed by atoms with Gasteiger partial charge < -0.3 is 44.5 Å². The van der Waals surface area contributed by atoms with E-state index in [4.69, 9.17) is 9.47 Å². The second-order valence-electron chi connectivity index (χ2n) is 17.4. The fraction of sp³-hybridized carbons (Fsp3) is 0.674. The number of ketones is 3. The van der Waals surface area contributed by atoms with Crippen molar-refractivity contribution in [2.24, 2.45) is 17.8 Å². The molecule has 1 fully saturated rings. The van der Waals surface area contributed by atoms with Crippen molar-refractivity contribution >= 4 is 42.9 Å². The average Bonchev–Trinajstić information content (AvgIpc) is 3.93. The lowest BCUT2D eigenvalue weighted by molar-refractivity contribution is -0.140. The maximum absolute atomic E-state index is 14.3. The zero-order chi connectivity index (χ0) is 47.9. The molecule has 364 valence electrons. The highest BCUT2D eigenvalue weighted by Crippen LogP contribution is 2.39. The number of imidazole rings is 1. The number of aromatic nitrogens is 2. The topological polar surface area (TPSA) is 253 Å². The number of hydrogen-bond donors (Lipinski definition) is 5. The maximum atomic E-state index is 14.3. The molecular formula is C46H72N5O13P. The number of hydrogen-bond acceptors (Lipinski definition) is 12. The Morgan fingerprint density at radius 1 is 0.908 bits per heavy atom. The molecule has 0 aliphatic carbocycles. The number of nitrogens with one attached hydrogen (secondary N) is 2. The Labute approximate surface area is 383 Å². The number of carbonyl (C=O) groups excluding carboxylic acids is 6. The molecule has 6 atom stereocenters. The number of amides is 3. The summed E-state index contributed by atoms with van der Waals surface area (Å²) in [6, 6.07) is 7.01. The van der Waals surface area contributed by atoms with Gasteiger partial charge in [-0.2, -0.15) is 0 Å². The lowest BCUT2D eigenvalue weighted by Gasteiger charge is -2.28. The number of aliphatic hydroxyl groups excluding tert-OH is 1. The summed E-state index contributed by atoms with van der Waals surface area (Å²) in [4.78, 5) is 106. The number of benzene rings is 1. The molecule has 3 rings (SSSR count). The van der Waals surface area contributed by atoms with Gasteiger partial charge in [0.15, 0.2) is 11.6 Å². The third-order valence-electron chi connectivity index (χ3n) is 11.7. The Hall–Kier alpha value is -4.16. The number of phosphoric acid groups is 1. The van der Waals surface area contributed by atoms with E-state index in [1.54, 1.807) is 19.6 Å². The maximum Gasteiger partial charge on any atom is 0.469 e. The smallest absolute Gasteiger partial charge is 0.394 e. The third-order valence-corrected chi connectivity index (χ3v) is 12.3. The van der Waals surface area contributed by atoms with E-state index in [0.717, 1.165) is 45.4 Å². The summed E-state index contributed by atoms with van der Waals surface area (Å²) < 4.78 is 28.5. The first-order chi connectivity index (χ1) is 30.9. The largest absolute Gasteiger partial charge is 0.469 e. The SMILES string of the molecule is COCCOCCC(=O)N1CCC[C@H]1C(=O)N[C@@H](CC(C)C)C(=O)C[C@@H](Cc1cncn1CCCCCCCc1ccccc1)C(=O)N[C@@H](CO)C(=O)C[C@H](C(C)=O)[C@@H](C)OP(=O)(O)O. The first-order valence-electron chi connectivity index (χ1n) is 22.8. The number of phosphoric ester groups is 1. The molecule has 18 nitrogen and oxygen atoms in total. The van der Waals surface area contributed by atoms with Crippen LogP contribution in [0.2, 0.25) is 0 Å². The Balaban J connectivity index is 1.78. The second-order valence-corrected chi connectivity index (χ2v) is 18.6. The Morgan fingerprint density at radius 3 is 2.26 bits per heavy atom. The Bertz CT molecular complexity index is 1850. The van der Waals surface area contributed by atoms with Crippen LogP contribution in [0.25, 0.3) is 0 Å². The van der Waals surface area contributed by atoms with Crippen LogP contribution in [-0.4, -0.2) is 129 Å². The first-order valence-corrected chi connectivity index (χ1v) is 24.4. The molecular weight excluding hydrogens is 862 g/mol. The van der Waals surface area contributed by atoms with Gasteiger partial charge in [-0.1, -0.05) is 63.4 Å². The van der Waals surface area contributed by atoms with Crippen LogP contribution in [0.1, 0.15) is 110 Å². The Morgan fingerprint density at radius 2 is 1.60 bits per heavy atom. The van der Waals surface area contributed by atoms with Crippen LogP contribution >= 0.6 is 7.82 Å². The molecule has 1 aliphatic heterocycles. The van der Waals surface area contributed by atoms with Crippen LogP contribution in [-0.2, 0) is 66.7 Å². The number of Topliss-reactive ketones (excluding diaryl/α,β-unsaturated/α-hetero) is 3. The number of unbranched alkanes of at least 4 members (excludes halogenated alkanes) is 4. The van der Waals surface area contributed by atoms with Crippen LogP contribution < -0.4 is 10.6 Å². The molecule has 19 heteroatoms. The summed E-state index contributed by atoms with van der Waals surface area (Å²) >= 11 is 0. The molecule has 0 radical (unpaired) electrons. The molecule has 0 unspecified atom stereocenters. The highest BCUT2D eigenvalue weighted by atomic mass is 31.2. The zero-order valence-electron chi connectivity index (χ0n) is 38.7. The number of aliphatic hydroxyl groups is 1. The number of likely N-dealkylation sites (tertiary alicyclic amines) is 1. The minimum Gasteiger partial charge on any atom is -0.394 e. The minimum atomic E-state index is -5.02. The predicted octanol–water partition coefficient (Wildman–Crippen LogP) is 3.91. The van der Waals surface area contributed by atoms with E-state index in [0.29, 0.717) is 44.8 Å². The summed E-state index contributed by atoms with van der Waals surface area (Å²) in [6.45, 7) is 7.17. The minimum absolute atomic E-state index is 0.0178. The number of ether oxygens (including phenoxy) is 2. The van der Waals surface area contributed by atoms with Crippen molar-refractivity contribution in [3.8, 4) is 0 Å². The van der Waals surface area contributed by atoms with Crippen LogP contribution in [0, 0.1) is 17.8 Å². The summed E-state index contributed by atoms with van der Waals surface area (Å²) in [7, 11) is -3.47. The van der Waals surface area contributed by atoms with Crippen LogP contribution in [0.4, 0.5) is 0 Å². The molecule has 1 saturated heterocycles. The van der Waals surface area contributed by atoms with Gasteiger partial charge in [0.1, 0.15) is 17.9 Å². The van der Waals surface area contributed by atoms with Gasteiger partial charge >= 0.3 is 7.82 Å². The van der Waals surface area contributed by atoms with Gasteiger partial charge in [-0.15, -0.1) is 0 Å². The van der Waals surface area contributed by atoms with Gasteiger partial charge in [-0.25, -0.2) is 9.55 Å². The van der Waals surface area contributed by atoms with E-state index < -0.39 is 86.1 Å². The molecule has 0 bridgehead atoms. The van der Waals surface area contributed by atoms with Gasteiger partial charge in [0, 0.05) is 51.4 Å². The van der Waals surface area contributed by atoms with Gasteiger partial charge in [-0.05, 0) is 63.9 Å². The molecule has 5 N–H and O–H groups in total. The van der Waals surface area contributed by atoms with Gasteiger partial charge in [-0.3, -0.25) is 33.3 Å². The summed E-state index contributed by atoms with van der Waals surface area (Å²) in [5, 5.41) is 15.8. The number of carbonyl (C=O) groups is 6. The number of methoxy groups -OCH3 is 1. The fourth-order valence-corrected chi connectivity index (χ4v) is 8.68. The summed E-state index contributed by atoms with van der Waals surface area (Å²) in [5.74, 6) is -5.74. The predicted molar refractivity (Wildman–Crippen MR) is 241 cm³/mol. The van der Waals surface area contributed by atoms with Gasteiger partial charge in [0.2, 0.25) is 17.7 Å². The highest BCUT2D eigenvalue weighted by molar-refractivity contribution is 7.46. The molecule has 65 heavy (non-hydrogen) atoms. The van der Waals surface area contributed by atoms with E-state index >= 15 is 0 Å². The van der Waals surface area contributed by atoms with Crippen molar-refractivity contribution in [1.29, 1.82) is 0 Å². The zero-order valence-corrected chi connectivity index (χ0v) is 39.6. The van der Waals surface area contributed by atoms with E-state index in [2.05, 4.69) is 32.3 Å². The first kappa shape index (κ1) is 55.2. The van der Waals surface area contributed by atoms with Crippen molar-refractivity contribution in [3.63, 3.8) is 0 Å².